The number of nitrogens with zero attached hydrogens (tertiary/aromatic N) is 3. The largest absolute Gasteiger partial charge is 0.353 e. The molecule has 0 aromatic heterocycles. The fraction of sp³-hybridized carbons (Fsp3) is 0.357. The fourth-order valence-electron chi connectivity index (χ4n) is 2.09. The molecular weight excluding hydrogens is 261 g/mol. The van der Waals surface area contributed by atoms with Crippen molar-refractivity contribution in [1.29, 1.82) is 5.26 Å². The van der Waals surface area contributed by atoms with E-state index in [1.165, 1.54) is 17.0 Å². The summed E-state index contributed by atoms with van der Waals surface area (Å²) in [5.74, 6) is -0.937. The summed E-state index contributed by atoms with van der Waals surface area (Å²) < 4.78 is 12.9. The van der Waals surface area contributed by atoms with Crippen molar-refractivity contribution in [2.24, 2.45) is 0 Å². The van der Waals surface area contributed by atoms with Gasteiger partial charge in [-0.2, -0.15) is 5.26 Å². The standard InChI is InChI=1S/C14H14FN3O2/c15-11-3-5-12(6-4-11)17-9-13(19)18(14(20)10-17)8-2-1-7-16/h3-6H,1-2,8-10H2. The highest BCUT2D eigenvalue weighted by Crippen LogP contribution is 2.18. The highest BCUT2D eigenvalue weighted by Gasteiger charge is 2.30. The van der Waals surface area contributed by atoms with Crippen molar-refractivity contribution in [2.75, 3.05) is 24.5 Å². The fourth-order valence-corrected chi connectivity index (χ4v) is 2.09. The van der Waals surface area contributed by atoms with Gasteiger partial charge >= 0.3 is 0 Å². The van der Waals surface area contributed by atoms with E-state index in [9.17, 15) is 14.0 Å². The van der Waals surface area contributed by atoms with E-state index in [1.54, 1.807) is 17.0 Å². The smallest absolute Gasteiger partial charge is 0.248 e. The first-order valence-electron chi connectivity index (χ1n) is 6.32. The minimum absolute atomic E-state index is 0.0872. The second-order valence-electron chi connectivity index (χ2n) is 4.53. The number of imide groups is 1. The molecule has 1 aliphatic heterocycles. The van der Waals surface area contributed by atoms with Gasteiger partial charge in [0.2, 0.25) is 11.8 Å². The number of anilines is 1. The molecule has 1 saturated heterocycles. The van der Waals surface area contributed by atoms with Crippen molar-refractivity contribution in [1.82, 2.24) is 4.90 Å². The van der Waals surface area contributed by atoms with E-state index >= 15 is 0 Å². The Morgan fingerprint density at radius 1 is 1.15 bits per heavy atom. The normalized spacial score (nSPS) is 15.4. The summed E-state index contributed by atoms with van der Waals surface area (Å²) in [6.45, 7) is 0.455. The van der Waals surface area contributed by atoms with Gasteiger partial charge in [0.05, 0.1) is 19.2 Å². The summed E-state index contributed by atoms with van der Waals surface area (Å²) in [5, 5.41) is 8.46. The molecule has 5 nitrogen and oxygen atoms in total. The number of carbonyl (C=O) groups is 2. The quantitative estimate of drug-likeness (QED) is 0.614. The molecule has 1 aromatic rings. The van der Waals surface area contributed by atoms with E-state index in [0.717, 1.165) is 0 Å². The molecule has 104 valence electrons. The third-order valence-electron chi connectivity index (χ3n) is 3.12. The minimum atomic E-state index is -0.360. The topological polar surface area (TPSA) is 64.4 Å². The maximum atomic E-state index is 12.9. The number of piperazine rings is 1. The Morgan fingerprint density at radius 3 is 2.30 bits per heavy atom. The van der Waals surface area contributed by atoms with Crippen LogP contribution in [-0.4, -0.2) is 36.3 Å². The Labute approximate surface area is 116 Å². The zero-order chi connectivity index (χ0) is 14.5. The second kappa shape index (κ2) is 6.15. The number of halogens is 1. The van der Waals surface area contributed by atoms with E-state index in [2.05, 4.69) is 0 Å². The van der Waals surface area contributed by atoms with Crippen LogP contribution >= 0.6 is 0 Å². The number of hydrogen-bond donors (Lipinski definition) is 0. The predicted molar refractivity (Wildman–Crippen MR) is 70.2 cm³/mol. The summed E-state index contributed by atoms with van der Waals surface area (Å²) >= 11 is 0. The molecule has 0 N–H and O–H groups in total. The summed E-state index contributed by atoms with van der Waals surface area (Å²) in [6, 6.07) is 7.66. The highest BCUT2D eigenvalue weighted by molar-refractivity contribution is 6.02. The van der Waals surface area contributed by atoms with Crippen LogP contribution in [0, 0.1) is 17.1 Å². The van der Waals surface area contributed by atoms with E-state index in [4.69, 9.17) is 5.26 Å². The summed E-state index contributed by atoms with van der Waals surface area (Å²) in [4.78, 5) is 26.7. The van der Waals surface area contributed by atoms with Crippen LogP contribution in [0.3, 0.4) is 0 Å². The number of rotatable bonds is 4. The van der Waals surface area contributed by atoms with Crippen LogP contribution in [0.2, 0.25) is 0 Å². The van der Waals surface area contributed by atoms with E-state index < -0.39 is 0 Å². The molecule has 0 spiro atoms. The summed E-state index contributed by atoms with van der Waals surface area (Å²) in [6.07, 6.45) is 0.809. The highest BCUT2D eigenvalue weighted by atomic mass is 19.1. The van der Waals surface area contributed by atoms with Gasteiger partial charge in [0.25, 0.3) is 0 Å². The Kier molecular flexibility index (Phi) is 4.31. The maximum Gasteiger partial charge on any atom is 0.248 e. The number of benzene rings is 1. The molecule has 1 heterocycles. The molecular formula is C14H14FN3O2. The minimum Gasteiger partial charge on any atom is -0.353 e. The van der Waals surface area contributed by atoms with Gasteiger partial charge < -0.3 is 4.90 Å². The lowest BCUT2D eigenvalue weighted by molar-refractivity contribution is -0.145. The third kappa shape index (κ3) is 3.12. The zero-order valence-corrected chi connectivity index (χ0v) is 10.9. The lowest BCUT2D eigenvalue weighted by atomic mass is 10.2. The first kappa shape index (κ1) is 14.0. The van der Waals surface area contributed by atoms with Crippen molar-refractivity contribution in [2.45, 2.75) is 12.8 Å². The molecule has 1 aliphatic rings. The number of hydrogen-bond acceptors (Lipinski definition) is 4. The van der Waals surface area contributed by atoms with Gasteiger partial charge in [-0.25, -0.2) is 4.39 Å². The van der Waals surface area contributed by atoms with E-state index in [-0.39, 0.29) is 37.3 Å². The van der Waals surface area contributed by atoms with Crippen molar-refractivity contribution >= 4 is 17.5 Å². The molecule has 20 heavy (non-hydrogen) atoms. The Morgan fingerprint density at radius 2 is 1.75 bits per heavy atom. The molecule has 0 bridgehead atoms. The van der Waals surface area contributed by atoms with Crippen LogP contribution in [-0.2, 0) is 9.59 Å². The SMILES string of the molecule is N#CCCCN1C(=O)CN(c2ccc(F)cc2)CC1=O. The van der Waals surface area contributed by atoms with Gasteiger partial charge in [-0.3, -0.25) is 14.5 Å². The Balaban J connectivity index is 2.02. The van der Waals surface area contributed by atoms with Crippen LogP contribution in [0.1, 0.15) is 12.8 Å². The zero-order valence-electron chi connectivity index (χ0n) is 10.9. The first-order chi connectivity index (χ1) is 9.61. The Hall–Kier alpha value is -2.42. The molecule has 2 amide bonds. The van der Waals surface area contributed by atoms with Crippen molar-refractivity contribution in [3.8, 4) is 6.07 Å². The van der Waals surface area contributed by atoms with Gasteiger partial charge in [0.15, 0.2) is 0 Å². The number of amides is 2. The molecule has 2 rings (SSSR count). The number of nitriles is 1. The predicted octanol–water partition coefficient (Wildman–Crippen LogP) is 1.30. The first-order valence-corrected chi connectivity index (χ1v) is 6.32. The molecule has 0 aliphatic carbocycles. The lowest BCUT2D eigenvalue weighted by Gasteiger charge is -2.33. The van der Waals surface area contributed by atoms with Gasteiger partial charge in [-0.1, -0.05) is 0 Å². The molecule has 0 radical (unpaired) electrons. The molecule has 0 atom stereocenters. The Bertz CT molecular complexity index is 533. The van der Waals surface area contributed by atoms with Gasteiger partial charge in [-0.15, -0.1) is 0 Å². The molecule has 1 fully saturated rings. The van der Waals surface area contributed by atoms with Crippen LogP contribution in [0.15, 0.2) is 24.3 Å². The molecule has 0 unspecified atom stereocenters. The molecule has 0 saturated carbocycles. The van der Waals surface area contributed by atoms with E-state index in [1.807, 2.05) is 6.07 Å². The monoisotopic (exact) mass is 275 g/mol. The van der Waals surface area contributed by atoms with Gasteiger partial charge in [0.1, 0.15) is 5.82 Å². The van der Waals surface area contributed by atoms with Crippen molar-refractivity contribution in [3.05, 3.63) is 30.1 Å². The van der Waals surface area contributed by atoms with Gasteiger partial charge in [-0.05, 0) is 30.7 Å². The van der Waals surface area contributed by atoms with Gasteiger partial charge in [0, 0.05) is 18.7 Å². The number of unbranched alkanes of at least 4 members (excludes halogenated alkanes) is 1. The van der Waals surface area contributed by atoms with Crippen LogP contribution in [0.4, 0.5) is 10.1 Å². The number of carbonyl (C=O) groups excluding carboxylic acids is 2. The third-order valence-corrected chi connectivity index (χ3v) is 3.12. The lowest BCUT2D eigenvalue weighted by Crippen LogP contribution is -2.54. The summed E-state index contributed by atoms with van der Waals surface area (Å²) in [5.41, 5.74) is 0.643. The van der Waals surface area contributed by atoms with Crippen molar-refractivity contribution < 1.29 is 14.0 Å². The van der Waals surface area contributed by atoms with Crippen molar-refractivity contribution in [3.63, 3.8) is 0 Å². The van der Waals surface area contributed by atoms with Crippen LogP contribution < -0.4 is 4.90 Å². The second-order valence-corrected chi connectivity index (χ2v) is 4.53. The van der Waals surface area contributed by atoms with Crippen LogP contribution in [0.25, 0.3) is 0 Å². The molecule has 6 heteroatoms. The maximum absolute atomic E-state index is 12.9. The summed E-state index contributed by atoms with van der Waals surface area (Å²) in [7, 11) is 0. The molecule has 1 aromatic carbocycles. The average molecular weight is 275 g/mol. The van der Waals surface area contributed by atoms with Crippen LogP contribution in [0.5, 0.6) is 0 Å². The van der Waals surface area contributed by atoms with E-state index in [0.29, 0.717) is 18.5 Å². The average Bonchev–Trinajstić information content (AvgIpc) is 2.42.